The Morgan fingerprint density at radius 2 is 2.05 bits per heavy atom. The van der Waals surface area contributed by atoms with E-state index in [0.29, 0.717) is 5.92 Å². The van der Waals surface area contributed by atoms with Gasteiger partial charge in [0.25, 0.3) is 5.69 Å². The number of anilines is 1. The zero-order chi connectivity index (χ0) is 15.1. The number of hydrogen-bond acceptors (Lipinski definition) is 5. The average Bonchev–Trinajstić information content (AvgIpc) is 3.20. The Bertz CT molecular complexity index is 640. The van der Waals surface area contributed by atoms with E-state index in [0.717, 1.165) is 25.0 Å². The van der Waals surface area contributed by atoms with Gasteiger partial charge in [-0.3, -0.25) is 10.1 Å². The van der Waals surface area contributed by atoms with Crippen LogP contribution in [0.4, 0.5) is 11.4 Å². The summed E-state index contributed by atoms with van der Waals surface area (Å²) in [6.07, 6.45) is 2.05. The van der Waals surface area contributed by atoms with Crippen molar-refractivity contribution in [1.29, 1.82) is 0 Å². The minimum atomic E-state index is -3.73. The Morgan fingerprint density at radius 1 is 1.45 bits per heavy atom. The molecule has 2 rings (SSSR count). The molecule has 1 aliphatic carbocycles. The SMILES string of the molecule is CC(C1CC1)N(C)S(=O)(=O)c1ccc([N+](=O)[O-])cc1N. The monoisotopic (exact) mass is 299 g/mol. The average molecular weight is 299 g/mol. The van der Waals surface area contributed by atoms with Gasteiger partial charge in [0.15, 0.2) is 0 Å². The summed E-state index contributed by atoms with van der Waals surface area (Å²) in [6, 6.07) is 3.31. The predicted octanol–water partition coefficient (Wildman–Crippen LogP) is 1.60. The van der Waals surface area contributed by atoms with E-state index >= 15 is 0 Å². The number of nitro benzene ring substituents is 1. The molecule has 0 saturated heterocycles. The lowest BCUT2D eigenvalue weighted by molar-refractivity contribution is -0.384. The van der Waals surface area contributed by atoms with E-state index in [1.807, 2.05) is 6.92 Å². The summed E-state index contributed by atoms with van der Waals surface area (Å²) < 4.78 is 26.3. The lowest BCUT2D eigenvalue weighted by atomic mass is 10.2. The largest absolute Gasteiger partial charge is 0.397 e. The highest BCUT2D eigenvalue weighted by Crippen LogP contribution is 2.37. The van der Waals surface area contributed by atoms with Crippen LogP contribution in [0, 0.1) is 16.0 Å². The summed E-state index contributed by atoms with van der Waals surface area (Å²) in [5.74, 6) is 0.383. The van der Waals surface area contributed by atoms with Crippen molar-refractivity contribution in [2.75, 3.05) is 12.8 Å². The summed E-state index contributed by atoms with van der Waals surface area (Å²) in [4.78, 5) is 9.95. The lowest BCUT2D eigenvalue weighted by Gasteiger charge is -2.24. The third-order valence-corrected chi connectivity index (χ3v) is 5.76. The van der Waals surface area contributed by atoms with Gasteiger partial charge >= 0.3 is 0 Å². The van der Waals surface area contributed by atoms with Crippen molar-refractivity contribution in [3.63, 3.8) is 0 Å². The fourth-order valence-electron chi connectivity index (χ4n) is 2.13. The van der Waals surface area contributed by atoms with Gasteiger partial charge < -0.3 is 5.73 Å². The first-order valence-electron chi connectivity index (χ1n) is 6.27. The van der Waals surface area contributed by atoms with Crippen LogP contribution in [0.5, 0.6) is 0 Å². The quantitative estimate of drug-likeness (QED) is 0.505. The number of non-ortho nitro benzene ring substituents is 1. The Kier molecular flexibility index (Phi) is 3.70. The first-order valence-corrected chi connectivity index (χ1v) is 7.71. The van der Waals surface area contributed by atoms with Gasteiger partial charge in [-0.05, 0) is 31.7 Å². The molecule has 20 heavy (non-hydrogen) atoms. The second-order valence-corrected chi connectivity index (χ2v) is 7.04. The molecule has 0 heterocycles. The molecule has 1 unspecified atom stereocenters. The number of nitrogens with two attached hydrogens (primary N) is 1. The van der Waals surface area contributed by atoms with Crippen LogP contribution in [0.1, 0.15) is 19.8 Å². The molecule has 0 bridgehead atoms. The molecule has 1 aromatic carbocycles. The number of sulfonamides is 1. The van der Waals surface area contributed by atoms with Crippen molar-refractivity contribution in [1.82, 2.24) is 4.31 Å². The van der Waals surface area contributed by atoms with Crippen LogP contribution in [0.2, 0.25) is 0 Å². The fourth-order valence-corrected chi connectivity index (χ4v) is 3.65. The number of benzene rings is 1. The van der Waals surface area contributed by atoms with Crippen molar-refractivity contribution in [3.05, 3.63) is 28.3 Å². The van der Waals surface area contributed by atoms with E-state index in [9.17, 15) is 18.5 Å². The van der Waals surface area contributed by atoms with Crippen molar-refractivity contribution >= 4 is 21.4 Å². The predicted molar refractivity (Wildman–Crippen MR) is 74.6 cm³/mol. The second-order valence-electron chi connectivity index (χ2n) is 5.08. The Balaban J connectivity index is 2.36. The molecule has 110 valence electrons. The third-order valence-electron chi connectivity index (χ3n) is 3.74. The zero-order valence-corrected chi connectivity index (χ0v) is 12.1. The van der Waals surface area contributed by atoms with Crippen LogP contribution in [-0.2, 0) is 10.0 Å². The van der Waals surface area contributed by atoms with Crippen LogP contribution in [0.3, 0.4) is 0 Å². The van der Waals surface area contributed by atoms with Crippen molar-refractivity contribution in [3.8, 4) is 0 Å². The number of nitrogen functional groups attached to an aromatic ring is 1. The van der Waals surface area contributed by atoms with E-state index in [4.69, 9.17) is 5.73 Å². The summed E-state index contributed by atoms with van der Waals surface area (Å²) in [6.45, 7) is 1.86. The molecular formula is C12H17N3O4S. The van der Waals surface area contributed by atoms with Crippen molar-refractivity contribution in [2.45, 2.75) is 30.7 Å². The molecule has 7 nitrogen and oxygen atoms in total. The highest BCUT2D eigenvalue weighted by atomic mass is 32.2. The highest BCUT2D eigenvalue weighted by molar-refractivity contribution is 7.89. The molecule has 1 fully saturated rings. The van der Waals surface area contributed by atoms with Crippen LogP contribution in [-0.4, -0.2) is 30.7 Å². The van der Waals surface area contributed by atoms with Crippen LogP contribution < -0.4 is 5.73 Å². The van der Waals surface area contributed by atoms with Gasteiger partial charge in [-0.15, -0.1) is 0 Å². The Hall–Kier alpha value is -1.67. The van der Waals surface area contributed by atoms with Gasteiger partial charge in [-0.1, -0.05) is 0 Å². The van der Waals surface area contributed by atoms with Gasteiger partial charge in [0.1, 0.15) is 4.90 Å². The molecule has 0 aliphatic heterocycles. The topological polar surface area (TPSA) is 107 Å². The zero-order valence-electron chi connectivity index (χ0n) is 11.3. The molecule has 2 N–H and O–H groups in total. The summed E-state index contributed by atoms with van der Waals surface area (Å²) >= 11 is 0. The molecule has 1 aromatic rings. The molecule has 1 saturated carbocycles. The number of nitro groups is 1. The third kappa shape index (κ3) is 2.61. The standard InChI is InChI=1S/C12H17N3O4S/c1-8(9-3-4-9)14(2)20(18,19)12-6-5-10(15(16)17)7-11(12)13/h5-9H,3-4,13H2,1-2H3. The normalized spacial score (nSPS) is 17.1. The van der Waals surface area contributed by atoms with Gasteiger partial charge in [-0.2, -0.15) is 4.31 Å². The molecule has 0 aromatic heterocycles. The minimum absolute atomic E-state index is 0.0851. The van der Waals surface area contributed by atoms with Crippen molar-refractivity contribution in [2.24, 2.45) is 5.92 Å². The van der Waals surface area contributed by atoms with E-state index in [1.165, 1.54) is 17.4 Å². The maximum Gasteiger partial charge on any atom is 0.271 e. The van der Waals surface area contributed by atoms with Gasteiger partial charge in [0.05, 0.1) is 10.6 Å². The number of nitrogens with zero attached hydrogens (tertiary/aromatic N) is 2. The first kappa shape index (κ1) is 14.7. The molecule has 0 spiro atoms. The lowest BCUT2D eigenvalue weighted by Crippen LogP contribution is -2.36. The molecule has 8 heteroatoms. The summed E-state index contributed by atoms with van der Waals surface area (Å²) in [5, 5.41) is 10.6. The van der Waals surface area contributed by atoms with E-state index in [1.54, 1.807) is 0 Å². The summed E-state index contributed by atoms with van der Waals surface area (Å²) in [7, 11) is -2.22. The van der Waals surface area contributed by atoms with Gasteiger partial charge in [0.2, 0.25) is 10.0 Å². The first-order chi connectivity index (χ1) is 9.25. The Labute approximate surface area is 117 Å². The van der Waals surface area contributed by atoms with Crippen LogP contribution in [0.15, 0.2) is 23.1 Å². The van der Waals surface area contributed by atoms with Crippen molar-refractivity contribution < 1.29 is 13.3 Å². The fraction of sp³-hybridized carbons (Fsp3) is 0.500. The molecule has 0 amide bonds. The Morgan fingerprint density at radius 3 is 2.50 bits per heavy atom. The van der Waals surface area contributed by atoms with Crippen LogP contribution >= 0.6 is 0 Å². The van der Waals surface area contributed by atoms with E-state index in [-0.39, 0.29) is 22.3 Å². The highest BCUT2D eigenvalue weighted by Gasteiger charge is 2.36. The van der Waals surface area contributed by atoms with Crippen LogP contribution in [0.25, 0.3) is 0 Å². The van der Waals surface area contributed by atoms with E-state index < -0.39 is 14.9 Å². The molecule has 1 atom stereocenters. The van der Waals surface area contributed by atoms with Gasteiger partial charge in [0, 0.05) is 25.2 Å². The number of hydrogen-bond donors (Lipinski definition) is 1. The summed E-state index contributed by atoms with van der Waals surface area (Å²) in [5.41, 5.74) is 5.34. The molecule has 1 aliphatic rings. The smallest absolute Gasteiger partial charge is 0.271 e. The van der Waals surface area contributed by atoms with Gasteiger partial charge in [-0.25, -0.2) is 8.42 Å². The molecule has 0 radical (unpaired) electrons. The molecular weight excluding hydrogens is 282 g/mol. The maximum atomic E-state index is 12.5. The van der Waals surface area contributed by atoms with E-state index in [2.05, 4.69) is 0 Å². The maximum absolute atomic E-state index is 12.5. The second kappa shape index (κ2) is 5.02. The minimum Gasteiger partial charge on any atom is -0.397 e. The number of rotatable bonds is 5.